The predicted octanol–water partition coefficient (Wildman–Crippen LogP) is 6.62. The van der Waals surface area contributed by atoms with Crippen molar-refractivity contribution >= 4 is 43.0 Å². The van der Waals surface area contributed by atoms with Gasteiger partial charge >= 0.3 is 0 Å². The summed E-state index contributed by atoms with van der Waals surface area (Å²) in [6.45, 7) is 0. The van der Waals surface area contributed by atoms with Crippen molar-refractivity contribution in [2.75, 3.05) is 0 Å². The molecule has 0 nitrogen and oxygen atoms in total. The van der Waals surface area contributed by atoms with Crippen LogP contribution in [0.3, 0.4) is 0 Å². The Kier molecular flexibility index (Phi) is 2.90. The van der Waals surface area contributed by atoms with Crippen molar-refractivity contribution in [2.45, 2.75) is 25.7 Å². The minimum Gasteiger partial charge on any atom is -0.0696 e. The van der Waals surface area contributed by atoms with Crippen molar-refractivity contribution in [3.8, 4) is 0 Å². The van der Waals surface area contributed by atoms with E-state index >= 15 is 0 Å². The van der Waals surface area contributed by atoms with Gasteiger partial charge in [0, 0.05) is 9.86 Å². The number of fused-ring (bicyclic) bond motifs is 2. The molecular formula is C22H15Br. The molecule has 0 unspecified atom stereocenters. The molecule has 1 heteroatoms. The summed E-state index contributed by atoms with van der Waals surface area (Å²) in [5, 5.41) is 5.13. The van der Waals surface area contributed by atoms with Crippen molar-refractivity contribution in [1.82, 2.24) is 0 Å². The molecule has 3 aromatic rings. The lowest BCUT2D eigenvalue weighted by molar-refractivity contribution is 0.741. The Labute approximate surface area is 144 Å². The molecule has 0 N–H and O–H groups in total. The molecule has 0 amide bonds. The number of halogens is 1. The van der Waals surface area contributed by atoms with E-state index in [1.807, 2.05) is 6.07 Å². The van der Waals surface area contributed by atoms with Gasteiger partial charge < -0.3 is 0 Å². The predicted molar refractivity (Wildman–Crippen MR) is 100 cm³/mol. The van der Waals surface area contributed by atoms with E-state index in [9.17, 15) is 0 Å². The smallest absolute Gasteiger partial charge is 0.0339 e. The van der Waals surface area contributed by atoms with Gasteiger partial charge in [0.05, 0.1) is 0 Å². The second-order valence-corrected chi connectivity index (χ2v) is 7.23. The Morgan fingerprint density at radius 2 is 1.52 bits per heavy atom. The van der Waals surface area contributed by atoms with E-state index in [1.165, 1.54) is 51.9 Å². The second-order valence-electron chi connectivity index (χ2n) is 6.44. The normalized spacial score (nSPS) is 16.8. The van der Waals surface area contributed by atoms with E-state index in [0.717, 1.165) is 10.9 Å². The van der Waals surface area contributed by atoms with Gasteiger partial charge in [-0.05, 0) is 86.6 Å². The molecule has 0 radical (unpaired) electrons. The van der Waals surface area contributed by atoms with E-state index in [0.29, 0.717) is 0 Å². The molecule has 2 aliphatic rings. The zero-order valence-electron chi connectivity index (χ0n) is 12.7. The first kappa shape index (κ1) is 13.4. The van der Waals surface area contributed by atoms with Gasteiger partial charge in [-0.1, -0.05) is 48.0 Å². The molecule has 23 heavy (non-hydrogen) atoms. The Morgan fingerprint density at radius 3 is 2.26 bits per heavy atom. The third-order valence-electron chi connectivity index (χ3n) is 5.26. The summed E-state index contributed by atoms with van der Waals surface area (Å²) in [6, 6.07) is 19.1. The third-order valence-corrected chi connectivity index (χ3v) is 6.12. The van der Waals surface area contributed by atoms with E-state index < -0.39 is 0 Å². The van der Waals surface area contributed by atoms with Gasteiger partial charge in [0.15, 0.2) is 0 Å². The van der Waals surface area contributed by atoms with Gasteiger partial charge in [-0.15, -0.1) is 0 Å². The van der Waals surface area contributed by atoms with Gasteiger partial charge in [-0.2, -0.15) is 0 Å². The average Bonchev–Trinajstić information content (AvgIpc) is 2.57. The molecular weight excluding hydrogens is 344 g/mol. The van der Waals surface area contributed by atoms with Crippen LogP contribution in [0, 0.1) is 12.1 Å². The van der Waals surface area contributed by atoms with E-state index in [-0.39, 0.29) is 0 Å². The Morgan fingerprint density at radius 1 is 0.783 bits per heavy atom. The molecule has 3 aromatic carbocycles. The van der Waals surface area contributed by atoms with Gasteiger partial charge in [0.1, 0.15) is 0 Å². The molecule has 0 aromatic heterocycles. The largest absolute Gasteiger partial charge is 0.0696 e. The van der Waals surface area contributed by atoms with Gasteiger partial charge in [0.25, 0.3) is 0 Å². The third kappa shape index (κ3) is 1.92. The van der Waals surface area contributed by atoms with Crippen LogP contribution in [0.2, 0.25) is 0 Å². The Balaban J connectivity index is 1.92. The number of rotatable bonds is 1. The van der Waals surface area contributed by atoms with Gasteiger partial charge in [-0.3, -0.25) is 0 Å². The second kappa shape index (κ2) is 4.98. The Hall–Kier alpha value is -2.04. The summed E-state index contributed by atoms with van der Waals surface area (Å²) in [7, 11) is 0. The minimum atomic E-state index is 1.15. The van der Waals surface area contributed by atoms with Crippen LogP contribution in [0.15, 0.2) is 58.1 Å². The summed E-state index contributed by atoms with van der Waals surface area (Å²) >= 11 is 3.81. The van der Waals surface area contributed by atoms with Crippen molar-refractivity contribution in [1.29, 1.82) is 0 Å². The highest BCUT2D eigenvalue weighted by Gasteiger charge is 2.23. The molecule has 0 bridgehead atoms. The fraction of sp³-hybridized carbons (Fsp3) is 0.182. The SMILES string of the molecule is Brc1c2cc#ccc2c(C2=CC3=C(CC2)CC3)c2ccccc12. The number of hydrogen-bond donors (Lipinski definition) is 0. The van der Waals surface area contributed by atoms with Crippen molar-refractivity contribution in [3.05, 3.63) is 75.8 Å². The van der Waals surface area contributed by atoms with Crippen LogP contribution < -0.4 is 0 Å². The van der Waals surface area contributed by atoms with E-state index in [2.05, 4.69) is 64.5 Å². The van der Waals surface area contributed by atoms with Crippen molar-refractivity contribution < 1.29 is 0 Å². The van der Waals surface area contributed by atoms with E-state index in [1.54, 1.807) is 11.1 Å². The highest BCUT2D eigenvalue weighted by Crippen LogP contribution is 2.45. The van der Waals surface area contributed by atoms with Crippen LogP contribution in [-0.2, 0) is 0 Å². The summed E-state index contributed by atoms with van der Waals surface area (Å²) < 4.78 is 1.16. The quantitative estimate of drug-likeness (QED) is 0.458. The molecule has 0 heterocycles. The summed E-state index contributed by atoms with van der Waals surface area (Å²) in [5.74, 6) is 0. The van der Waals surface area contributed by atoms with Crippen LogP contribution in [0.5, 0.6) is 0 Å². The molecule has 110 valence electrons. The molecule has 0 saturated heterocycles. The zero-order chi connectivity index (χ0) is 15.4. The number of hydrogen-bond acceptors (Lipinski definition) is 0. The number of benzene rings is 2. The van der Waals surface area contributed by atoms with Crippen LogP contribution in [0.25, 0.3) is 27.1 Å². The maximum absolute atomic E-state index is 3.81. The van der Waals surface area contributed by atoms with Crippen LogP contribution in [0.1, 0.15) is 31.2 Å². The fourth-order valence-electron chi connectivity index (χ4n) is 3.97. The van der Waals surface area contributed by atoms with Gasteiger partial charge in [-0.25, -0.2) is 0 Å². The molecule has 5 rings (SSSR count). The van der Waals surface area contributed by atoms with E-state index in [4.69, 9.17) is 0 Å². The van der Waals surface area contributed by atoms with Crippen molar-refractivity contribution in [3.63, 3.8) is 0 Å². The lowest BCUT2D eigenvalue weighted by atomic mass is 9.77. The first-order chi connectivity index (χ1) is 11.3. The average molecular weight is 359 g/mol. The standard InChI is InChI=1S/C22H15Br/c23-22-19-7-3-1-5-17(19)21(18-6-2-4-8-20(18)22)16-12-10-14-9-11-15(14)13-16/h1,3,5-8,13H,9-12H2. The molecule has 2 aliphatic carbocycles. The Bertz CT molecular complexity index is 964. The maximum Gasteiger partial charge on any atom is 0.0339 e. The van der Waals surface area contributed by atoms with Crippen LogP contribution in [0.4, 0.5) is 0 Å². The summed E-state index contributed by atoms with van der Waals surface area (Å²) in [5.41, 5.74) is 6.14. The maximum atomic E-state index is 3.81. The molecule has 0 spiro atoms. The molecule has 0 atom stereocenters. The number of allylic oxidation sites excluding steroid dienone is 4. The zero-order valence-corrected chi connectivity index (χ0v) is 14.3. The summed E-state index contributed by atoms with van der Waals surface area (Å²) in [4.78, 5) is 0. The van der Waals surface area contributed by atoms with Crippen LogP contribution >= 0.6 is 15.9 Å². The first-order valence-electron chi connectivity index (χ1n) is 8.16. The minimum absolute atomic E-state index is 1.15. The lowest BCUT2D eigenvalue weighted by Crippen LogP contribution is -2.08. The first-order valence-corrected chi connectivity index (χ1v) is 8.96. The van der Waals surface area contributed by atoms with Gasteiger partial charge in [0.2, 0.25) is 0 Å². The molecule has 0 aliphatic heterocycles. The monoisotopic (exact) mass is 358 g/mol. The molecule has 0 fully saturated rings. The fourth-order valence-corrected chi connectivity index (χ4v) is 4.65. The highest BCUT2D eigenvalue weighted by molar-refractivity contribution is 9.10. The van der Waals surface area contributed by atoms with Crippen LogP contribution in [-0.4, -0.2) is 0 Å². The summed E-state index contributed by atoms with van der Waals surface area (Å²) in [6.07, 6.45) is 7.40. The lowest BCUT2D eigenvalue weighted by Gasteiger charge is -2.28. The molecule has 0 saturated carbocycles. The topological polar surface area (TPSA) is 0 Å². The highest BCUT2D eigenvalue weighted by atomic mass is 79.9. The van der Waals surface area contributed by atoms with Crippen molar-refractivity contribution in [2.24, 2.45) is 0 Å².